The third kappa shape index (κ3) is 4.30. The summed E-state index contributed by atoms with van der Waals surface area (Å²) < 4.78 is 5.24. The van der Waals surface area contributed by atoms with E-state index in [-0.39, 0.29) is 0 Å². The Balaban J connectivity index is 1.98. The Hall–Kier alpha value is -0.900. The predicted molar refractivity (Wildman–Crippen MR) is 84.1 cm³/mol. The Morgan fingerprint density at radius 3 is 2.50 bits per heavy atom. The molecule has 1 fully saturated rings. The van der Waals surface area contributed by atoms with Crippen LogP contribution in [0.1, 0.15) is 36.9 Å². The van der Waals surface area contributed by atoms with Crippen LogP contribution in [0, 0.1) is 0 Å². The second-order valence-corrected chi connectivity index (χ2v) is 5.66. The topological polar surface area (TPSA) is 24.5 Å². The van der Waals surface area contributed by atoms with Gasteiger partial charge >= 0.3 is 0 Å². The number of likely N-dealkylation sites (N-methyl/N-ethyl adjacent to an activating group) is 1. The number of nitrogens with zero attached hydrogens (tertiary/aromatic N) is 1. The van der Waals surface area contributed by atoms with Gasteiger partial charge in [-0.2, -0.15) is 0 Å². The number of ether oxygens (including phenoxy) is 1. The van der Waals surface area contributed by atoms with E-state index >= 15 is 0 Å². The molecule has 3 heteroatoms. The fraction of sp³-hybridized carbons (Fsp3) is 0.647. The first kappa shape index (κ1) is 15.5. The molecule has 0 amide bonds. The average Bonchev–Trinajstić information content (AvgIpc) is 3.32. The van der Waals surface area contributed by atoms with Gasteiger partial charge in [0.15, 0.2) is 0 Å². The van der Waals surface area contributed by atoms with Gasteiger partial charge in [0.25, 0.3) is 0 Å². The van der Waals surface area contributed by atoms with Crippen LogP contribution in [-0.4, -0.2) is 44.8 Å². The average molecular weight is 276 g/mol. The molecule has 2 rings (SSSR count). The third-order valence-electron chi connectivity index (χ3n) is 4.20. The van der Waals surface area contributed by atoms with Crippen LogP contribution < -0.4 is 5.32 Å². The zero-order valence-corrected chi connectivity index (χ0v) is 13.1. The van der Waals surface area contributed by atoms with Crippen molar-refractivity contribution in [3.63, 3.8) is 0 Å². The minimum atomic E-state index is 0.401. The van der Waals surface area contributed by atoms with Crippen molar-refractivity contribution >= 4 is 0 Å². The number of benzene rings is 1. The Labute approximate surface area is 123 Å². The maximum absolute atomic E-state index is 5.24. The number of hydrogen-bond donors (Lipinski definition) is 1. The highest BCUT2D eigenvalue weighted by atomic mass is 16.5. The summed E-state index contributed by atoms with van der Waals surface area (Å²) in [5, 5.41) is 3.46. The van der Waals surface area contributed by atoms with Crippen LogP contribution in [0.4, 0.5) is 0 Å². The van der Waals surface area contributed by atoms with Gasteiger partial charge in [-0.15, -0.1) is 0 Å². The summed E-state index contributed by atoms with van der Waals surface area (Å²) >= 11 is 0. The van der Waals surface area contributed by atoms with Crippen LogP contribution in [0.5, 0.6) is 0 Å². The lowest BCUT2D eigenvalue weighted by Gasteiger charge is -2.27. The molecule has 1 unspecified atom stereocenters. The molecular weight excluding hydrogens is 248 g/mol. The summed E-state index contributed by atoms with van der Waals surface area (Å²) in [6.07, 6.45) is 3.79. The van der Waals surface area contributed by atoms with Gasteiger partial charge in [-0.3, -0.25) is 4.90 Å². The van der Waals surface area contributed by atoms with E-state index in [9.17, 15) is 0 Å². The molecule has 3 nitrogen and oxygen atoms in total. The van der Waals surface area contributed by atoms with Gasteiger partial charge in [0.2, 0.25) is 0 Å². The van der Waals surface area contributed by atoms with E-state index in [1.165, 1.54) is 24.0 Å². The molecule has 1 saturated carbocycles. The number of hydrogen-bond acceptors (Lipinski definition) is 3. The predicted octanol–water partition coefficient (Wildman–Crippen LogP) is 2.62. The van der Waals surface area contributed by atoms with Crippen molar-refractivity contribution in [1.29, 1.82) is 0 Å². The Morgan fingerprint density at radius 1 is 1.30 bits per heavy atom. The molecule has 1 aliphatic rings. The normalized spacial score (nSPS) is 16.6. The molecule has 0 radical (unpaired) electrons. The van der Waals surface area contributed by atoms with Gasteiger partial charge in [-0.1, -0.05) is 31.2 Å². The molecule has 1 aromatic rings. The molecule has 0 aromatic heterocycles. The van der Waals surface area contributed by atoms with Gasteiger partial charge in [0.1, 0.15) is 0 Å². The first-order valence-corrected chi connectivity index (χ1v) is 7.77. The van der Waals surface area contributed by atoms with E-state index in [2.05, 4.69) is 48.5 Å². The minimum absolute atomic E-state index is 0.401. The summed E-state index contributed by atoms with van der Waals surface area (Å²) in [7, 11) is 3.84. The van der Waals surface area contributed by atoms with Gasteiger partial charge in [0.05, 0.1) is 6.61 Å². The second-order valence-electron chi connectivity index (χ2n) is 5.66. The molecule has 0 saturated heterocycles. The van der Waals surface area contributed by atoms with Crippen LogP contribution in [-0.2, 0) is 11.2 Å². The van der Waals surface area contributed by atoms with Crippen molar-refractivity contribution < 1.29 is 4.74 Å². The standard InChI is InChI=1S/C17H28N2O/c1-4-14-5-7-15(8-6-14)17(18-2)13-19(11-12-20-3)16-9-10-16/h5-8,16-18H,4,9-13H2,1-3H3. The van der Waals surface area contributed by atoms with Crippen molar-refractivity contribution in [3.8, 4) is 0 Å². The molecule has 1 aromatic carbocycles. The van der Waals surface area contributed by atoms with Crippen molar-refractivity contribution in [2.45, 2.75) is 38.3 Å². The largest absolute Gasteiger partial charge is 0.383 e. The molecule has 0 bridgehead atoms. The molecule has 1 aliphatic carbocycles. The van der Waals surface area contributed by atoms with E-state index in [0.29, 0.717) is 6.04 Å². The lowest BCUT2D eigenvalue weighted by Crippen LogP contribution is -2.37. The quantitative estimate of drug-likeness (QED) is 0.750. The van der Waals surface area contributed by atoms with Crippen LogP contribution >= 0.6 is 0 Å². The molecule has 20 heavy (non-hydrogen) atoms. The lowest BCUT2D eigenvalue weighted by atomic mass is 10.0. The Bertz CT molecular complexity index is 386. The Morgan fingerprint density at radius 2 is 2.00 bits per heavy atom. The zero-order valence-electron chi connectivity index (χ0n) is 13.1. The SMILES string of the molecule is CCc1ccc(C(CN(CCOC)C2CC2)NC)cc1. The molecular formula is C17H28N2O. The molecule has 112 valence electrons. The maximum atomic E-state index is 5.24. The maximum Gasteiger partial charge on any atom is 0.0589 e. The van der Waals surface area contributed by atoms with Crippen molar-refractivity contribution in [3.05, 3.63) is 35.4 Å². The van der Waals surface area contributed by atoms with Crippen LogP contribution in [0.15, 0.2) is 24.3 Å². The summed E-state index contributed by atoms with van der Waals surface area (Å²) in [6.45, 7) is 5.12. The minimum Gasteiger partial charge on any atom is -0.383 e. The van der Waals surface area contributed by atoms with Gasteiger partial charge in [0, 0.05) is 32.3 Å². The summed E-state index contributed by atoms with van der Waals surface area (Å²) in [5.74, 6) is 0. The number of aryl methyl sites for hydroxylation is 1. The van der Waals surface area contributed by atoms with E-state index in [1.54, 1.807) is 7.11 Å². The highest BCUT2D eigenvalue weighted by molar-refractivity contribution is 5.25. The zero-order chi connectivity index (χ0) is 14.4. The number of rotatable bonds is 9. The van der Waals surface area contributed by atoms with Crippen LogP contribution in [0.3, 0.4) is 0 Å². The molecule has 0 aliphatic heterocycles. The monoisotopic (exact) mass is 276 g/mol. The second kappa shape index (κ2) is 7.77. The molecule has 1 N–H and O–H groups in total. The molecule has 0 spiro atoms. The first-order valence-electron chi connectivity index (χ1n) is 7.77. The number of methoxy groups -OCH3 is 1. The van der Waals surface area contributed by atoms with Gasteiger partial charge in [-0.05, 0) is 37.4 Å². The first-order chi connectivity index (χ1) is 9.78. The van der Waals surface area contributed by atoms with E-state index < -0.39 is 0 Å². The summed E-state index contributed by atoms with van der Waals surface area (Å²) in [6, 6.07) is 10.2. The number of nitrogens with one attached hydrogen (secondary N) is 1. The molecule has 0 heterocycles. The van der Waals surface area contributed by atoms with Crippen molar-refractivity contribution in [2.75, 3.05) is 33.9 Å². The van der Waals surface area contributed by atoms with Crippen molar-refractivity contribution in [1.82, 2.24) is 10.2 Å². The highest BCUT2D eigenvalue weighted by Crippen LogP contribution is 2.28. The fourth-order valence-electron chi connectivity index (χ4n) is 2.65. The summed E-state index contributed by atoms with van der Waals surface area (Å²) in [5.41, 5.74) is 2.79. The fourth-order valence-corrected chi connectivity index (χ4v) is 2.65. The lowest BCUT2D eigenvalue weighted by molar-refractivity contribution is 0.136. The smallest absolute Gasteiger partial charge is 0.0589 e. The van der Waals surface area contributed by atoms with Gasteiger partial charge in [-0.25, -0.2) is 0 Å². The highest BCUT2D eigenvalue weighted by Gasteiger charge is 2.30. The van der Waals surface area contributed by atoms with Crippen LogP contribution in [0.25, 0.3) is 0 Å². The van der Waals surface area contributed by atoms with E-state index in [0.717, 1.165) is 32.2 Å². The van der Waals surface area contributed by atoms with Crippen molar-refractivity contribution in [2.24, 2.45) is 0 Å². The Kier molecular flexibility index (Phi) is 6.02. The van der Waals surface area contributed by atoms with E-state index in [4.69, 9.17) is 4.74 Å². The van der Waals surface area contributed by atoms with Gasteiger partial charge < -0.3 is 10.1 Å². The molecule has 1 atom stereocenters. The summed E-state index contributed by atoms with van der Waals surface area (Å²) in [4.78, 5) is 2.57. The van der Waals surface area contributed by atoms with E-state index in [1.807, 2.05) is 0 Å². The van der Waals surface area contributed by atoms with Crippen LogP contribution in [0.2, 0.25) is 0 Å². The third-order valence-corrected chi connectivity index (χ3v) is 4.20.